The topological polar surface area (TPSA) is 0 Å². The smallest absolute Gasteiger partial charge is 0.00547 e. The van der Waals surface area contributed by atoms with E-state index in [9.17, 15) is 0 Å². The predicted octanol–water partition coefficient (Wildman–Crippen LogP) is 2.16. The van der Waals surface area contributed by atoms with Gasteiger partial charge in [0, 0.05) is 5.92 Å². The highest BCUT2D eigenvalue weighted by atomic mass is 14.6. The summed E-state index contributed by atoms with van der Waals surface area (Å²) in [4.78, 5) is 0. The second-order valence-electron chi connectivity index (χ2n) is 3.51. The van der Waals surface area contributed by atoms with Gasteiger partial charge in [0.15, 0.2) is 0 Å². The highest BCUT2D eigenvalue weighted by molar-refractivity contribution is 5.43. The number of allylic oxidation sites excluding steroid dienone is 5. The fourth-order valence-electron chi connectivity index (χ4n) is 2.59. The van der Waals surface area contributed by atoms with Crippen LogP contribution in [-0.2, 0) is 0 Å². The van der Waals surface area contributed by atoms with Crippen molar-refractivity contribution >= 4 is 0 Å². The second-order valence-corrected chi connectivity index (χ2v) is 3.51. The van der Waals surface area contributed by atoms with Gasteiger partial charge in [0.2, 0.25) is 0 Å². The second kappa shape index (κ2) is 1.29. The van der Waals surface area contributed by atoms with Crippen molar-refractivity contribution in [3.8, 4) is 0 Å². The molecule has 0 aliphatic heterocycles. The zero-order valence-corrected chi connectivity index (χ0v) is 5.83. The molecule has 3 aliphatic carbocycles. The molecule has 1 fully saturated rings. The first-order chi connectivity index (χ1) is 4.92. The van der Waals surface area contributed by atoms with Gasteiger partial charge in [-0.15, -0.1) is 0 Å². The lowest BCUT2D eigenvalue weighted by atomic mass is 10.0. The zero-order chi connectivity index (χ0) is 6.72. The molecule has 0 amide bonds. The SMILES string of the molecule is C=CC1=CC2C3C=CC1C32. The Kier molecular flexibility index (Phi) is 0.639. The Morgan fingerprint density at radius 2 is 2.20 bits per heavy atom. The molecule has 4 atom stereocenters. The van der Waals surface area contributed by atoms with Gasteiger partial charge in [-0.1, -0.05) is 30.9 Å². The molecule has 0 aromatic carbocycles. The van der Waals surface area contributed by atoms with Gasteiger partial charge in [0.05, 0.1) is 0 Å². The molecular formula is C10H10. The largest absolute Gasteiger partial charge is 0.0988 e. The van der Waals surface area contributed by atoms with Crippen LogP contribution in [0.25, 0.3) is 0 Å². The van der Waals surface area contributed by atoms with E-state index in [0.29, 0.717) is 0 Å². The third-order valence-corrected chi connectivity index (χ3v) is 3.15. The van der Waals surface area contributed by atoms with Crippen LogP contribution in [0.4, 0.5) is 0 Å². The maximum atomic E-state index is 3.81. The number of rotatable bonds is 1. The number of fused-ring (bicyclic) bond motifs is 1. The summed E-state index contributed by atoms with van der Waals surface area (Å²) in [5.41, 5.74) is 1.47. The molecule has 50 valence electrons. The van der Waals surface area contributed by atoms with Crippen molar-refractivity contribution in [2.75, 3.05) is 0 Å². The van der Waals surface area contributed by atoms with Crippen molar-refractivity contribution in [1.82, 2.24) is 0 Å². The van der Waals surface area contributed by atoms with Gasteiger partial charge < -0.3 is 0 Å². The molecule has 4 unspecified atom stereocenters. The molecule has 0 radical (unpaired) electrons. The van der Waals surface area contributed by atoms with Gasteiger partial charge in [-0.2, -0.15) is 0 Å². The summed E-state index contributed by atoms with van der Waals surface area (Å²) in [5, 5.41) is 0. The Balaban J connectivity index is 2.09. The highest BCUT2D eigenvalue weighted by Crippen LogP contribution is 2.64. The van der Waals surface area contributed by atoms with Gasteiger partial charge in [0.1, 0.15) is 0 Å². The highest BCUT2D eigenvalue weighted by Gasteiger charge is 2.58. The van der Waals surface area contributed by atoms with Gasteiger partial charge in [-0.05, 0) is 23.3 Å². The third kappa shape index (κ3) is 0.351. The first kappa shape index (κ1) is 4.95. The van der Waals surface area contributed by atoms with Gasteiger partial charge in [-0.3, -0.25) is 0 Å². The van der Waals surface area contributed by atoms with Crippen LogP contribution in [0.1, 0.15) is 0 Å². The Morgan fingerprint density at radius 3 is 2.90 bits per heavy atom. The van der Waals surface area contributed by atoms with Crippen molar-refractivity contribution in [2.45, 2.75) is 0 Å². The van der Waals surface area contributed by atoms with Gasteiger partial charge in [-0.25, -0.2) is 0 Å². The minimum absolute atomic E-state index is 0.757. The molecule has 3 rings (SSSR count). The monoisotopic (exact) mass is 130 g/mol. The predicted molar refractivity (Wildman–Crippen MR) is 41.4 cm³/mol. The Labute approximate surface area is 60.9 Å². The quantitative estimate of drug-likeness (QED) is 0.477. The molecule has 0 aromatic rings. The van der Waals surface area contributed by atoms with Crippen LogP contribution in [0.15, 0.2) is 36.5 Å². The van der Waals surface area contributed by atoms with Crippen LogP contribution in [-0.4, -0.2) is 0 Å². The number of hydrogen-bond donors (Lipinski definition) is 0. The molecule has 10 heavy (non-hydrogen) atoms. The molecule has 0 nitrogen and oxygen atoms in total. The fraction of sp³-hybridized carbons (Fsp3) is 0.400. The average molecular weight is 130 g/mol. The molecule has 0 aromatic heterocycles. The third-order valence-electron chi connectivity index (χ3n) is 3.15. The van der Waals surface area contributed by atoms with E-state index in [0.717, 1.165) is 23.7 Å². The van der Waals surface area contributed by atoms with E-state index < -0.39 is 0 Å². The molecule has 0 bridgehead atoms. The summed E-state index contributed by atoms with van der Waals surface area (Å²) in [6.45, 7) is 3.81. The summed E-state index contributed by atoms with van der Waals surface area (Å²) in [5.74, 6) is 3.55. The molecule has 0 spiro atoms. The van der Waals surface area contributed by atoms with E-state index in [4.69, 9.17) is 0 Å². The standard InChI is InChI=1S/C10H10/c1-2-6-5-9-8-4-3-7(6)10(8)9/h2-5,7-10H,1H2. The summed E-state index contributed by atoms with van der Waals surface area (Å²) < 4.78 is 0. The molecule has 0 N–H and O–H groups in total. The maximum absolute atomic E-state index is 3.81. The van der Waals surface area contributed by atoms with Crippen LogP contribution in [0.2, 0.25) is 0 Å². The van der Waals surface area contributed by atoms with Crippen molar-refractivity contribution in [3.63, 3.8) is 0 Å². The van der Waals surface area contributed by atoms with E-state index in [2.05, 4.69) is 24.8 Å². The van der Waals surface area contributed by atoms with Crippen LogP contribution < -0.4 is 0 Å². The molecule has 3 aliphatic rings. The van der Waals surface area contributed by atoms with E-state index >= 15 is 0 Å². The van der Waals surface area contributed by atoms with Crippen LogP contribution >= 0.6 is 0 Å². The summed E-state index contributed by atoms with van der Waals surface area (Å²) in [6, 6.07) is 0. The lowest BCUT2D eigenvalue weighted by Crippen LogP contribution is -1.94. The number of hydrogen-bond acceptors (Lipinski definition) is 0. The van der Waals surface area contributed by atoms with Crippen molar-refractivity contribution in [1.29, 1.82) is 0 Å². The lowest BCUT2D eigenvalue weighted by Gasteiger charge is -2.03. The van der Waals surface area contributed by atoms with E-state index in [1.165, 1.54) is 5.57 Å². The van der Waals surface area contributed by atoms with Crippen molar-refractivity contribution in [3.05, 3.63) is 36.5 Å². The summed E-state index contributed by atoms with van der Waals surface area (Å²) in [7, 11) is 0. The minimum Gasteiger partial charge on any atom is -0.0988 e. The molecule has 1 saturated carbocycles. The van der Waals surface area contributed by atoms with E-state index in [1.807, 2.05) is 6.08 Å². The van der Waals surface area contributed by atoms with Crippen LogP contribution in [0.5, 0.6) is 0 Å². The lowest BCUT2D eigenvalue weighted by molar-refractivity contribution is 0.685. The molecular weight excluding hydrogens is 120 g/mol. The molecule has 0 saturated heterocycles. The van der Waals surface area contributed by atoms with E-state index in [1.54, 1.807) is 0 Å². The first-order valence-corrected chi connectivity index (χ1v) is 3.94. The van der Waals surface area contributed by atoms with Gasteiger partial charge >= 0.3 is 0 Å². The summed E-state index contributed by atoms with van der Waals surface area (Å²) in [6.07, 6.45) is 9.16. The Bertz CT molecular complexity index is 257. The van der Waals surface area contributed by atoms with E-state index in [-0.39, 0.29) is 0 Å². The minimum atomic E-state index is 0.757. The molecule has 0 heteroatoms. The normalized spacial score (nSPS) is 52.6. The average Bonchev–Trinajstić information content (AvgIpc) is 2.38. The Hall–Kier alpha value is -0.780. The fourth-order valence-corrected chi connectivity index (χ4v) is 2.59. The zero-order valence-electron chi connectivity index (χ0n) is 5.83. The Morgan fingerprint density at radius 1 is 1.30 bits per heavy atom. The maximum Gasteiger partial charge on any atom is 0.00547 e. The molecule has 0 heterocycles. The van der Waals surface area contributed by atoms with Crippen LogP contribution in [0, 0.1) is 23.7 Å². The van der Waals surface area contributed by atoms with Crippen LogP contribution in [0.3, 0.4) is 0 Å². The summed E-state index contributed by atoms with van der Waals surface area (Å²) >= 11 is 0. The van der Waals surface area contributed by atoms with Crippen molar-refractivity contribution in [2.24, 2.45) is 23.7 Å². The first-order valence-electron chi connectivity index (χ1n) is 3.94. The van der Waals surface area contributed by atoms with Gasteiger partial charge in [0.25, 0.3) is 0 Å². The van der Waals surface area contributed by atoms with Crippen molar-refractivity contribution < 1.29 is 0 Å².